The van der Waals surface area contributed by atoms with Gasteiger partial charge in [0.05, 0.1) is 12.6 Å². The molecule has 0 aliphatic heterocycles. The number of phenolic OH excluding ortho intramolecular Hbond substituents is 1. The maximum Gasteiger partial charge on any atom is 0.326 e. The fraction of sp³-hybridized carbons (Fsp3) is 0.583. The number of aromatic hydroxyl groups is 1. The van der Waals surface area contributed by atoms with Crippen LogP contribution in [0.4, 0.5) is 0 Å². The number of rotatable bonds is 14. The molecule has 1 rings (SSSR count). The van der Waals surface area contributed by atoms with Crippen LogP contribution in [0.15, 0.2) is 24.3 Å². The molecular formula is C24H38N4O7. The van der Waals surface area contributed by atoms with Gasteiger partial charge in [-0.15, -0.1) is 0 Å². The zero-order valence-corrected chi connectivity index (χ0v) is 20.7. The van der Waals surface area contributed by atoms with Crippen LogP contribution in [-0.4, -0.2) is 69.8 Å². The van der Waals surface area contributed by atoms with Gasteiger partial charge in [0.2, 0.25) is 17.7 Å². The Bertz CT molecular complexity index is 862. The molecule has 6 unspecified atom stereocenters. The third-order valence-corrected chi connectivity index (χ3v) is 6.16. The number of carbonyl (C=O) groups is 4. The predicted molar refractivity (Wildman–Crippen MR) is 129 cm³/mol. The second-order valence-electron chi connectivity index (χ2n) is 8.80. The van der Waals surface area contributed by atoms with E-state index in [1.54, 1.807) is 26.0 Å². The fourth-order valence-corrected chi connectivity index (χ4v) is 3.26. The Morgan fingerprint density at radius 3 is 1.86 bits per heavy atom. The minimum atomic E-state index is -1.43. The average molecular weight is 495 g/mol. The zero-order valence-electron chi connectivity index (χ0n) is 20.7. The van der Waals surface area contributed by atoms with Gasteiger partial charge in [0.25, 0.3) is 0 Å². The lowest BCUT2D eigenvalue weighted by Crippen LogP contribution is -2.59. The van der Waals surface area contributed by atoms with E-state index in [2.05, 4.69) is 16.0 Å². The van der Waals surface area contributed by atoms with Gasteiger partial charge in [-0.1, -0.05) is 52.7 Å². The Balaban J connectivity index is 3.06. The Kier molecular flexibility index (Phi) is 12.2. The molecule has 0 spiro atoms. The summed E-state index contributed by atoms with van der Waals surface area (Å²) in [5.41, 5.74) is 6.62. The molecule has 0 saturated carbocycles. The Morgan fingerprint density at radius 2 is 1.37 bits per heavy atom. The van der Waals surface area contributed by atoms with Crippen molar-refractivity contribution >= 4 is 23.7 Å². The van der Waals surface area contributed by atoms with E-state index < -0.39 is 54.5 Å². The number of hydrogen-bond acceptors (Lipinski definition) is 7. The Morgan fingerprint density at radius 1 is 0.857 bits per heavy atom. The molecule has 35 heavy (non-hydrogen) atoms. The zero-order chi connectivity index (χ0) is 26.7. The van der Waals surface area contributed by atoms with Crippen LogP contribution >= 0.6 is 0 Å². The molecule has 0 saturated heterocycles. The third-order valence-electron chi connectivity index (χ3n) is 6.16. The van der Waals surface area contributed by atoms with Crippen molar-refractivity contribution in [1.82, 2.24) is 16.0 Å². The molecule has 0 radical (unpaired) electrons. The van der Waals surface area contributed by atoms with Gasteiger partial charge in [-0.3, -0.25) is 14.4 Å². The van der Waals surface area contributed by atoms with Crippen LogP contribution in [0.25, 0.3) is 0 Å². The number of nitrogens with one attached hydrogen (secondary N) is 3. The summed E-state index contributed by atoms with van der Waals surface area (Å²) < 4.78 is 0. The molecular weight excluding hydrogens is 456 g/mol. The normalized spacial score (nSPS) is 16.2. The monoisotopic (exact) mass is 494 g/mol. The van der Waals surface area contributed by atoms with Crippen LogP contribution in [0.3, 0.4) is 0 Å². The maximum absolute atomic E-state index is 13.1. The van der Waals surface area contributed by atoms with Gasteiger partial charge >= 0.3 is 5.97 Å². The molecule has 196 valence electrons. The molecule has 0 aliphatic carbocycles. The minimum absolute atomic E-state index is 0.0233. The molecule has 3 amide bonds. The van der Waals surface area contributed by atoms with E-state index >= 15 is 0 Å². The van der Waals surface area contributed by atoms with Crippen LogP contribution in [0.5, 0.6) is 5.75 Å². The van der Waals surface area contributed by atoms with Crippen molar-refractivity contribution in [3.8, 4) is 5.75 Å². The van der Waals surface area contributed by atoms with Crippen LogP contribution in [-0.2, 0) is 25.6 Å². The van der Waals surface area contributed by atoms with Crippen molar-refractivity contribution in [2.45, 2.75) is 71.1 Å². The number of aliphatic hydroxyl groups excluding tert-OH is 1. The Labute approximate surface area is 205 Å². The fourth-order valence-electron chi connectivity index (χ4n) is 3.26. The van der Waals surface area contributed by atoms with Crippen LogP contribution in [0.1, 0.15) is 46.1 Å². The van der Waals surface area contributed by atoms with Crippen molar-refractivity contribution in [3.63, 3.8) is 0 Å². The lowest BCUT2D eigenvalue weighted by Gasteiger charge is -2.26. The summed E-state index contributed by atoms with van der Waals surface area (Å²) in [5, 5.41) is 36.0. The molecule has 6 atom stereocenters. The van der Waals surface area contributed by atoms with E-state index in [4.69, 9.17) is 5.73 Å². The highest BCUT2D eigenvalue weighted by Crippen LogP contribution is 2.13. The lowest BCUT2D eigenvalue weighted by atomic mass is 9.98. The summed E-state index contributed by atoms with van der Waals surface area (Å²) >= 11 is 0. The van der Waals surface area contributed by atoms with Gasteiger partial charge in [-0.2, -0.15) is 0 Å². The highest BCUT2D eigenvalue weighted by Gasteiger charge is 2.32. The lowest BCUT2D eigenvalue weighted by molar-refractivity contribution is -0.144. The van der Waals surface area contributed by atoms with E-state index in [1.807, 2.05) is 13.8 Å². The van der Waals surface area contributed by atoms with Crippen molar-refractivity contribution in [1.29, 1.82) is 0 Å². The Hall–Kier alpha value is -3.18. The molecule has 0 aromatic heterocycles. The van der Waals surface area contributed by atoms with Gasteiger partial charge in [0.1, 0.15) is 23.9 Å². The van der Waals surface area contributed by atoms with Gasteiger partial charge in [0.15, 0.2) is 0 Å². The molecule has 0 bridgehead atoms. The highest BCUT2D eigenvalue weighted by atomic mass is 16.4. The van der Waals surface area contributed by atoms with E-state index in [0.29, 0.717) is 18.4 Å². The topological polar surface area (TPSA) is 191 Å². The van der Waals surface area contributed by atoms with Gasteiger partial charge in [-0.05, 0) is 29.5 Å². The first kappa shape index (κ1) is 29.9. The number of benzene rings is 1. The largest absolute Gasteiger partial charge is 0.508 e. The third kappa shape index (κ3) is 9.18. The van der Waals surface area contributed by atoms with E-state index in [0.717, 1.165) is 0 Å². The smallest absolute Gasteiger partial charge is 0.326 e. The maximum atomic E-state index is 13.1. The van der Waals surface area contributed by atoms with E-state index in [1.165, 1.54) is 12.1 Å². The SMILES string of the molecule is CCC(C)C(N)C(=O)NC(Cc1ccc(O)cc1)C(=O)NC(CO)C(=O)NC(C(=O)O)C(C)CC. The van der Waals surface area contributed by atoms with Crippen molar-refractivity contribution < 1.29 is 34.5 Å². The summed E-state index contributed by atoms with van der Waals surface area (Å²) in [6.45, 7) is 6.35. The van der Waals surface area contributed by atoms with Crippen molar-refractivity contribution in [3.05, 3.63) is 29.8 Å². The number of carboxylic acid groups (broad SMARTS) is 1. The predicted octanol–water partition coefficient (Wildman–Crippen LogP) is -0.114. The van der Waals surface area contributed by atoms with Crippen LogP contribution < -0.4 is 21.7 Å². The molecule has 0 heterocycles. The minimum Gasteiger partial charge on any atom is -0.508 e. The standard InChI is InChI=1S/C24H38N4O7/c1-5-13(3)19(25)23(33)26-17(11-15-7-9-16(30)10-8-15)21(31)27-18(12-29)22(32)28-20(24(34)35)14(4)6-2/h7-10,13-14,17-20,29-30H,5-6,11-12,25H2,1-4H3,(H,26,33)(H,27,31)(H,28,32)(H,34,35). The first-order chi connectivity index (χ1) is 16.4. The average Bonchev–Trinajstić information content (AvgIpc) is 2.84. The molecule has 11 nitrogen and oxygen atoms in total. The second-order valence-corrected chi connectivity index (χ2v) is 8.80. The van der Waals surface area contributed by atoms with Crippen molar-refractivity contribution in [2.75, 3.05) is 6.61 Å². The van der Waals surface area contributed by atoms with Crippen LogP contribution in [0.2, 0.25) is 0 Å². The second kappa shape index (κ2) is 14.3. The summed E-state index contributed by atoms with van der Waals surface area (Å²) in [4.78, 5) is 49.9. The molecule has 0 aliphatic rings. The van der Waals surface area contributed by atoms with E-state index in [-0.39, 0.29) is 24.0 Å². The number of phenols is 1. The quantitative estimate of drug-likeness (QED) is 0.186. The number of aliphatic hydroxyl groups is 1. The van der Waals surface area contributed by atoms with Crippen molar-refractivity contribution in [2.24, 2.45) is 17.6 Å². The molecule has 8 N–H and O–H groups in total. The number of amides is 3. The number of carbonyl (C=O) groups excluding carboxylic acids is 3. The summed E-state index contributed by atoms with van der Waals surface area (Å²) in [7, 11) is 0. The highest BCUT2D eigenvalue weighted by molar-refractivity contribution is 5.94. The summed E-state index contributed by atoms with van der Waals surface area (Å²) in [5.74, 6) is -3.89. The molecule has 0 fully saturated rings. The van der Waals surface area contributed by atoms with Gasteiger partial charge in [-0.25, -0.2) is 4.79 Å². The number of aliphatic carboxylic acids is 1. The first-order valence-electron chi connectivity index (χ1n) is 11.7. The van der Waals surface area contributed by atoms with Gasteiger partial charge in [0, 0.05) is 6.42 Å². The summed E-state index contributed by atoms with van der Waals surface area (Å²) in [6, 6.07) is 1.39. The molecule has 11 heteroatoms. The van der Waals surface area contributed by atoms with Gasteiger partial charge < -0.3 is 37.0 Å². The van der Waals surface area contributed by atoms with E-state index in [9.17, 15) is 34.5 Å². The summed E-state index contributed by atoms with van der Waals surface area (Å²) in [6.07, 6.45) is 1.16. The first-order valence-corrected chi connectivity index (χ1v) is 11.7. The number of nitrogens with two attached hydrogens (primary N) is 1. The number of hydrogen-bond donors (Lipinski definition) is 7. The number of carboxylic acids is 1. The molecule has 1 aromatic rings. The van der Waals surface area contributed by atoms with Crippen LogP contribution in [0, 0.1) is 11.8 Å². The molecule has 1 aromatic carbocycles.